The van der Waals surface area contributed by atoms with E-state index >= 15 is 0 Å². The second kappa shape index (κ2) is 11.8. The van der Waals surface area contributed by atoms with Crippen LogP contribution < -0.4 is 27.1 Å². The Labute approximate surface area is 194 Å². The maximum atomic E-state index is 13.8. The molecule has 2 rings (SSSR count). The van der Waals surface area contributed by atoms with E-state index in [0.29, 0.717) is 0 Å². The van der Waals surface area contributed by atoms with Gasteiger partial charge in [-0.25, -0.2) is 17.6 Å². The zero-order chi connectivity index (χ0) is 25.3. The molecule has 2 aromatic rings. The SMILES string of the molecule is NC(N)=NCCC[C@@H](NC(=O)Cn1cccc(NS(=O)(=O)Cc2ccccc2F)c1=O)C(=O)O. The van der Waals surface area contributed by atoms with Gasteiger partial charge >= 0.3 is 5.97 Å². The predicted octanol–water partition coefficient (Wildman–Crippen LogP) is -0.448. The quantitative estimate of drug-likeness (QED) is 0.148. The number of nitrogens with one attached hydrogen (secondary N) is 2. The molecule has 34 heavy (non-hydrogen) atoms. The van der Waals surface area contributed by atoms with E-state index in [1.165, 1.54) is 36.5 Å². The van der Waals surface area contributed by atoms with E-state index in [1.807, 2.05) is 0 Å². The summed E-state index contributed by atoms with van der Waals surface area (Å²) < 4.78 is 41.6. The van der Waals surface area contributed by atoms with Crippen LogP contribution in [0.1, 0.15) is 18.4 Å². The van der Waals surface area contributed by atoms with Crippen LogP contribution in [0.25, 0.3) is 0 Å². The van der Waals surface area contributed by atoms with Gasteiger partial charge in [-0.05, 0) is 31.0 Å². The Bertz CT molecular complexity index is 1230. The topological polar surface area (TPSA) is 199 Å². The van der Waals surface area contributed by atoms with Crippen molar-refractivity contribution in [2.75, 3.05) is 11.3 Å². The van der Waals surface area contributed by atoms with Crippen LogP contribution >= 0.6 is 0 Å². The highest BCUT2D eigenvalue weighted by molar-refractivity contribution is 7.91. The summed E-state index contributed by atoms with van der Waals surface area (Å²) in [6, 6.07) is 6.60. The van der Waals surface area contributed by atoms with E-state index in [4.69, 9.17) is 11.5 Å². The fraction of sp³-hybridized carbons (Fsp3) is 0.300. The molecule has 1 amide bonds. The van der Waals surface area contributed by atoms with E-state index in [-0.39, 0.29) is 36.6 Å². The van der Waals surface area contributed by atoms with E-state index in [0.717, 1.165) is 10.6 Å². The van der Waals surface area contributed by atoms with Crippen LogP contribution in [0.2, 0.25) is 0 Å². The number of benzene rings is 1. The average molecular weight is 497 g/mol. The number of carboxylic acid groups (broad SMARTS) is 1. The molecular formula is C20H25FN6O6S. The summed E-state index contributed by atoms with van der Waals surface area (Å²) in [7, 11) is -4.14. The van der Waals surface area contributed by atoms with Gasteiger partial charge < -0.3 is 26.5 Å². The molecule has 1 heterocycles. The number of nitrogens with two attached hydrogens (primary N) is 2. The first-order chi connectivity index (χ1) is 16.0. The molecule has 14 heteroatoms. The van der Waals surface area contributed by atoms with Crippen molar-refractivity contribution >= 4 is 33.5 Å². The summed E-state index contributed by atoms with van der Waals surface area (Å²) in [6.07, 6.45) is 1.57. The monoisotopic (exact) mass is 496 g/mol. The standard InChI is InChI=1S/C20H25FN6O6S/c21-14-6-2-1-5-13(14)12-34(32,33)26-15-8-4-10-27(18(15)29)11-17(28)25-16(19(30)31)7-3-9-24-20(22)23/h1-2,4-6,8,10,16,26H,3,7,9,11-12H2,(H,25,28)(H,30,31)(H4,22,23,24)/t16-/m1/s1. The number of aromatic nitrogens is 1. The minimum absolute atomic E-state index is 0.0443. The van der Waals surface area contributed by atoms with Crippen molar-refractivity contribution < 1.29 is 27.5 Å². The number of hydrogen-bond donors (Lipinski definition) is 5. The highest BCUT2D eigenvalue weighted by atomic mass is 32.2. The molecule has 0 saturated heterocycles. The lowest BCUT2D eigenvalue weighted by Crippen LogP contribution is -2.43. The van der Waals surface area contributed by atoms with Crippen LogP contribution in [0.4, 0.5) is 10.1 Å². The molecule has 0 spiro atoms. The van der Waals surface area contributed by atoms with Crippen molar-refractivity contribution in [2.45, 2.75) is 31.2 Å². The number of sulfonamides is 1. The van der Waals surface area contributed by atoms with E-state index in [1.54, 1.807) is 0 Å². The van der Waals surface area contributed by atoms with Gasteiger partial charge in [-0.2, -0.15) is 0 Å². The van der Waals surface area contributed by atoms with Crippen molar-refractivity contribution in [3.63, 3.8) is 0 Å². The summed E-state index contributed by atoms with van der Waals surface area (Å²) in [5, 5.41) is 11.6. The van der Waals surface area contributed by atoms with Gasteiger partial charge in [0.1, 0.15) is 24.1 Å². The molecule has 0 bridgehead atoms. The minimum atomic E-state index is -4.14. The highest BCUT2D eigenvalue weighted by Gasteiger charge is 2.21. The lowest BCUT2D eigenvalue weighted by molar-refractivity contribution is -0.142. The Morgan fingerprint density at radius 3 is 2.53 bits per heavy atom. The van der Waals surface area contributed by atoms with Crippen LogP contribution in [0.15, 0.2) is 52.4 Å². The number of guanidine groups is 1. The van der Waals surface area contributed by atoms with Crippen molar-refractivity contribution in [1.82, 2.24) is 9.88 Å². The van der Waals surface area contributed by atoms with Gasteiger partial charge in [0.15, 0.2) is 5.96 Å². The number of halogens is 1. The fourth-order valence-corrected chi connectivity index (χ4v) is 4.12. The molecule has 0 saturated carbocycles. The van der Waals surface area contributed by atoms with Gasteiger partial charge in [-0.1, -0.05) is 18.2 Å². The van der Waals surface area contributed by atoms with Crippen LogP contribution in [-0.2, 0) is 31.9 Å². The number of aliphatic imine (C=N–C) groups is 1. The number of nitrogens with zero attached hydrogens (tertiary/aromatic N) is 2. The second-order valence-electron chi connectivity index (χ2n) is 7.21. The number of pyridine rings is 1. The first-order valence-corrected chi connectivity index (χ1v) is 11.6. The van der Waals surface area contributed by atoms with Crippen LogP contribution in [0.5, 0.6) is 0 Å². The molecule has 1 atom stereocenters. The molecule has 0 fully saturated rings. The smallest absolute Gasteiger partial charge is 0.326 e. The molecule has 0 aliphatic heterocycles. The summed E-state index contributed by atoms with van der Waals surface area (Å²) in [5.74, 6) is -3.60. The molecule has 12 nitrogen and oxygen atoms in total. The van der Waals surface area contributed by atoms with Crippen molar-refractivity contribution in [2.24, 2.45) is 16.5 Å². The fourth-order valence-electron chi connectivity index (χ4n) is 2.92. The number of carbonyl (C=O) groups is 2. The van der Waals surface area contributed by atoms with Crippen LogP contribution in [0, 0.1) is 5.82 Å². The van der Waals surface area contributed by atoms with Crippen molar-refractivity contribution in [1.29, 1.82) is 0 Å². The van der Waals surface area contributed by atoms with Crippen LogP contribution in [0.3, 0.4) is 0 Å². The maximum absolute atomic E-state index is 13.8. The van der Waals surface area contributed by atoms with Crippen LogP contribution in [-0.4, -0.2) is 48.5 Å². The molecule has 0 aliphatic carbocycles. The first-order valence-electron chi connectivity index (χ1n) is 9.99. The van der Waals surface area contributed by atoms with Crippen molar-refractivity contribution in [3.8, 4) is 0 Å². The van der Waals surface area contributed by atoms with Gasteiger partial charge in [0, 0.05) is 18.3 Å². The normalized spacial score (nSPS) is 11.9. The molecule has 184 valence electrons. The number of hydrogen-bond acceptors (Lipinski definition) is 6. The molecule has 1 aromatic carbocycles. The highest BCUT2D eigenvalue weighted by Crippen LogP contribution is 2.13. The van der Waals surface area contributed by atoms with E-state index in [2.05, 4.69) is 15.0 Å². The summed E-state index contributed by atoms with van der Waals surface area (Å²) in [5.41, 5.74) is 9.13. The number of rotatable bonds is 12. The third kappa shape index (κ3) is 8.20. The lowest BCUT2D eigenvalue weighted by Gasteiger charge is -2.15. The Morgan fingerprint density at radius 2 is 1.88 bits per heavy atom. The van der Waals surface area contributed by atoms with Gasteiger partial charge in [0.2, 0.25) is 15.9 Å². The molecule has 0 unspecified atom stereocenters. The average Bonchev–Trinajstić information content (AvgIpc) is 2.74. The zero-order valence-corrected chi connectivity index (χ0v) is 18.8. The Balaban J connectivity index is 2.06. The Morgan fingerprint density at radius 1 is 1.18 bits per heavy atom. The van der Waals surface area contributed by atoms with Gasteiger partial charge in [-0.3, -0.25) is 19.3 Å². The minimum Gasteiger partial charge on any atom is -0.480 e. The summed E-state index contributed by atoms with van der Waals surface area (Å²) in [6.45, 7) is -0.379. The molecular weight excluding hydrogens is 471 g/mol. The Hall–Kier alpha value is -3.94. The third-order valence-electron chi connectivity index (χ3n) is 4.48. The van der Waals surface area contributed by atoms with Gasteiger partial charge in [0.25, 0.3) is 5.56 Å². The molecule has 0 aliphatic rings. The molecule has 1 aromatic heterocycles. The van der Waals surface area contributed by atoms with Crippen molar-refractivity contribution in [3.05, 3.63) is 64.3 Å². The first kappa shape index (κ1) is 26.3. The number of carboxylic acids is 1. The number of carbonyl (C=O) groups excluding carboxylic acids is 1. The summed E-state index contributed by atoms with van der Waals surface area (Å²) in [4.78, 5) is 40.1. The van der Waals surface area contributed by atoms with E-state index < -0.39 is 51.6 Å². The zero-order valence-electron chi connectivity index (χ0n) is 18.0. The Kier molecular flexibility index (Phi) is 9.12. The predicted molar refractivity (Wildman–Crippen MR) is 123 cm³/mol. The second-order valence-corrected chi connectivity index (χ2v) is 8.94. The third-order valence-corrected chi connectivity index (χ3v) is 5.70. The van der Waals surface area contributed by atoms with E-state index in [9.17, 15) is 32.3 Å². The molecule has 7 N–H and O–H groups in total. The maximum Gasteiger partial charge on any atom is 0.326 e. The largest absolute Gasteiger partial charge is 0.480 e. The van der Waals surface area contributed by atoms with Gasteiger partial charge in [0.05, 0.1) is 5.75 Å². The number of amides is 1. The number of aliphatic carboxylic acids is 1. The lowest BCUT2D eigenvalue weighted by atomic mass is 10.1. The molecule has 0 radical (unpaired) electrons. The van der Waals surface area contributed by atoms with Gasteiger partial charge in [-0.15, -0.1) is 0 Å². The number of anilines is 1. The summed E-state index contributed by atoms with van der Waals surface area (Å²) >= 11 is 0.